The number of carbonyl (C=O) groups excluding carboxylic acids is 1. The van der Waals surface area contributed by atoms with Crippen LogP contribution in [-0.2, 0) is 0 Å². The summed E-state index contributed by atoms with van der Waals surface area (Å²) in [6.45, 7) is 4.32. The third-order valence-corrected chi connectivity index (χ3v) is 4.10. The van der Waals surface area contributed by atoms with Crippen molar-refractivity contribution in [2.24, 2.45) is 0 Å². The van der Waals surface area contributed by atoms with Crippen molar-refractivity contribution in [1.82, 2.24) is 0 Å². The smallest absolute Gasteiger partial charge is 0.260 e. The Morgan fingerprint density at radius 3 is 2.71 bits per heavy atom. The second-order valence-electron chi connectivity index (χ2n) is 5.51. The lowest BCUT2D eigenvalue weighted by molar-refractivity contribution is 0.102. The predicted molar refractivity (Wildman–Crippen MR) is 99.3 cm³/mol. The Bertz CT molecular complexity index is 905. The van der Waals surface area contributed by atoms with Crippen LogP contribution in [0.2, 0.25) is 5.02 Å². The molecule has 0 radical (unpaired) electrons. The van der Waals surface area contributed by atoms with E-state index in [9.17, 15) is 4.79 Å². The third-order valence-electron chi connectivity index (χ3n) is 3.87. The van der Waals surface area contributed by atoms with Crippen LogP contribution in [0.15, 0.2) is 54.6 Å². The second-order valence-corrected chi connectivity index (χ2v) is 5.94. The van der Waals surface area contributed by atoms with E-state index < -0.39 is 0 Å². The van der Waals surface area contributed by atoms with Crippen molar-refractivity contribution in [2.75, 3.05) is 11.9 Å². The zero-order valence-electron chi connectivity index (χ0n) is 13.6. The van der Waals surface area contributed by atoms with Gasteiger partial charge in [-0.05, 0) is 48.4 Å². The second kappa shape index (κ2) is 6.93. The average Bonchev–Trinajstić information content (AvgIpc) is 2.58. The summed E-state index contributed by atoms with van der Waals surface area (Å²) in [7, 11) is 0. The van der Waals surface area contributed by atoms with E-state index in [1.807, 2.05) is 56.3 Å². The third kappa shape index (κ3) is 3.22. The highest BCUT2D eigenvalue weighted by Crippen LogP contribution is 2.30. The van der Waals surface area contributed by atoms with Crippen LogP contribution in [0, 0.1) is 6.92 Å². The lowest BCUT2D eigenvalue weighted by atomic mass is 10.0. The molecular formula is C20H18ClNO2. The number of hydrogen-bond acceptors (Lipinski definition) is 2. The number of ether oxygens (including phenoxy) is 1. The van der Waals surface area contributed by atoms with Gasteiger partial charge in [0.2, 0.25) is 0 Å². The highest BCUT2D eigenvalue weighted by atomic mass is 35.5. The van der Waals surface area contributed by atoms with Gasteiger partial charge in [-0.2, -0.15) is 0 Å². The first kappa shape index (κ1) is 16.3. The first-order valence-electron chi connectivity index (χ1n) is 7.82. The standard InChI is InChI=1S/C20H18ClNO2/c1-3-24-18-11-9-14-6-4-5-7-16(14)19(18)20(23)22-17-12-15(21)10-8-13(17)2/h4-12H,3H2,1-2H3,(H,22,23). The number of halogens is 1. The molecule has 0 fully saturated rings. The normalized spacial score (nSPS) is 10.6. The number of carbonyl (C=O) groups is 1. The van der Waals surface area contributed by atoms with Gasteiger partial charge in [-0.1, -0.05) is 48.0 Å². The summed E-state index contributed by atoms with van der Waals surface area (Å²) in [4.78, 5) is 13.0. The minimum Gasteiger partial charge on any atom is -0.493 e. The molecule has 122 valence electrons. The molecule has 0 aliphatic heterocycles. The Morgan fingerprint density at radius 1 is 1.12 bits per heavy atom. The minimum atomic E-state index is -0.208. The van der Waals surface area contributed by atoms with E-state index in [-0.39, 0.29) is 5.91 Å². The monoisotopic (exact) mass is 339 g/mol. The van der Waals surface area contributed by atoms with Crippen molar-refractivity contribution >= 4 is 34.0 Å². The van der Waals surface area contributed by atoms with Crippen LogP contribution < -0.4 is 10.1 Å². The molecule has 0 saturated heterocycles. The van der Waals surface area contributed by atoms with E-state index in [1.165, 1.54) is 0 Å². The zero-order chi connectivity index (χ0) is 17.1. The van der Waals surface area contributed by atoms with Crippen molar-refractivity contribution in [3.63, 3.8) is 0 Å². The first-order chi connectivity index (χ1) is 11.6. The number of rotatable bonds is 4. The van der Waals surface area contributed by atoms with Crippen LogP contribution in [0.4, 0.5) is 5.69 Å². The van der Waals surface area contributed by atoms with Gasteiger partial charge in [0.1, 0.15) is 5.75 Å². The molecule has 0 heterocycles. The van der Waals surface area contributed by atoms with Crippen molar-refractivity contribution in [2.45, 2.75) is 13.8 Å². The Labute approximate surface area is 146 Å². The van der Waals surface area contributed by atoms with Gasteiger partial charge in [-0.15, -0.1) is 0 Å². The van der Waals surface area contributed by atoms with Gasteiger partial charge in [-0.3, -0.25) is 4.79 Å². The Hall–Kier alpha value is -2.52. The number of fused-ring (bicyclic) bond motifs is 1. The number of aryl methyl sites for hydroxylation is 1. The maximum Gasteiger partial charge on any atom is 0.260 e. The number of nitrogens with one attached hydrogen (secondary N) is 1. The van der Waals surface area contributed by atoms with Gasteiger partial charge < -0.3 is 10.1 Å². The maximum absolute atomic E-state index is 13.0. The predicted octanol–water partition coefficient (Wildman–Crippen LogP) is 5.45. The van der Waals surface area contributed by atoms with Crippen LogP contribution in [0.25, 0.3) is 10.8 Å². The fourth-order valence-electron chi connectivity index (χ4n) is 2.68. The van der Waals surface area contributed by atoms with Crippen molar-refractivity contribution in [3.05, 3.63) is 70.7 Å². The molecule has 0 saturated carbocycles. The summed E-state index contributed by atoms with van der Waals surface area (Å²) < 4.78 is 5.67. The molecule has 1 N–H and O–H groups in total. The van der Waals surface area contributed by atoms with Crippen LogP contribution in [0.1, 0.15) is 22.8 Å². The topological polar surface area (TPSA) is 38.3 Å². The largest absolute Gasteiger partial charge is 0.493 e. The minimum absolute atomic E-state index is 0.208. The van der Waals surface area contributed by atoms with E-state index in [0.29, 0.717) is 28.6 Å². The Balaban J connectivity index is 2.08. The molecular weight excluding hydrogens is 322 g/mol. The summed E-state index contributed by atoms with van der Waals surface area (Å²) in [5.74, 6) is 0.369. The molecule has 0 aliphatic carbocycles. The highest BCUT2D eigenvalue weighted by molar-refractivity contribution is 6.31. The molecule has 3 aromatic carbocycles. The number of hydrogen-bond donors (Lipinski definition) is 1. The molecule has 0 bridgehead atoms. The Kier molecular flexibility index (Phi) is 4.72. The van der Waals surface area contributed by atoms with Gasteiger partial charge in [0.05, 0.1) is 12.2 Å². The quantitative estimate of drug-likeness (QED) is 0.686. The molecule has 24 heavy (non-hydrogen) atoms. The van der Waals surface area contributed by atoms with Crippen molar-refractivity contribution in [3.8, 4) is 5.75 Å². The Morgan fingerprint density at radius 2 is 1.92 bits per heavy atom. The molecule has 0 spiro atoms. The summed E-state index contributed by atoms with van der Waals surface area (Å²) in [5, 5.41) is 5.39. The molecule has 0 unspecified atom stereocenters. The summed E-state index contributed by atoms with van der Waals surface area (Å²) in [6.07, 6.45) is 0. The fourth-order valence-corrected chi connectivity index (χ4v) is 2.85. The lowest BCUT2D eigenvalue weighted by Crippen LogP contribution is -2.15. The molecule has 4 heteroatoms. The highest BCUT2D eigenvalue weighted by Gasteiger charge is 2.17. The van der Waals surface area contributed by atoms with Crippen molar-refractivity contribution in [1.29, 1.82) is 0 Å². The maximum atomic E-state index is 13.0. The van der Waals surface area contributed by atoms with Crippen LogP contribution >= 0.6 is 11.6 Å². The zero-order valence-corrected chi connectivity index (χ0v) is 14.4. The van der Waals surface area contributed by atoms with E-state index in [1.54, 1.807) is 12.1 Å². The molecule has 0 aliphatic rings. The number of amides is 1. The van der Waals surface area contributed by atoms with Gasteiger partial charge in [0.15, 0.2) is 0 Å². The molecule has 0 atom stereocenters. The van der Waals surface area contributed by atoms with Gasteiger partial charge in [0, 0.05) is 10.7 Å². The van der Waals surface area contributed by atoms with Gasteiger partial charge in [-0.25, -0.2) is 0 Å². The molecule has 0 aromatic heterocycles. The lowest BCUT2D eigenvalue weighted by Gasteiger charge is -2.14. The fraction of sp³-hybridized carbons (Fsp3) is 0.150. The van der Waals surface area contributed by atoms with Crippen LogP contribution in [-0.4, -0.2) is 12.5 Å². The molecule has 3 aromatic rings. The molecule has 3 nitrogen and oxygen atoms in total. The first-order valence-corrected chi connectivity index (χ1v) is 8.20. The number of benzene rings is 3. The average molecular weight is 340 g/mol. The van der Waals surface area contributed by atoms with E-state index in [4.69, 9.17) is 16.3 Å². The molecule has 3 rings (SSSR count). The summed E-state index contributed by atoms with van der Waals surface area (Å²) in [6, 6.07) is 17.0. The van der Waals surface area contributed by atoms with E-state index in [2.05, 4.69) is 5.32 Å². The molecule has 1 amide bonds. The van der Waals surface area contributed by atoms with Gasteiger partial charge in [0.25, 0.3) is 5.91 Å². The van der Waals surface area contributed by atoms with Gasteiger partial charge >= 0.3 is 0 Å². The van der Waals surface area contributed by atoms with E-state index in [0.717, 1.165) is 16.3 Å². The summed E-state index contributed by atoms with van der Waals surface area (Å²) >= 11 is 6.05. The van der Waals surface area contributed by atoms with Crippen LogP contribution in [0.5, 0.6) is 5.75 Å². The van der Waals surface area contributed by atoms with Crippen LogP contribution in [0.3, 0.4) is 0 Å². The number of anilines is 1. The summed E-state index contributed by atoms with van der Waals surface area (Å²) in [5.41, 5.74) is 2.18. The van der Waals surface area contributed by atoms with Crippen molar-refractivity contribution < 1.29 is 9.53 Å². The SMILES string of the molecule is CCOc1ccc2ccccc2c1C(=O)Nc1cc(Cl)ccc1C. The van der Waals surface area contributed by atoms with E-state index >= 15 is 0 Å².